The van der Waals surface area contributed by atoms with Crippen molar-refractivity contribution in [1.82, 2.24) is 10.2 Å². The van der Waals surface area contributed by atoms with E-state index in [4.69, 9.17) is 0 Å². The van der Waals surface area contributed by atoms with E-state index >= 15 is 0 Å². The minimum absolute atomic E-state index is 0.380. The molecule has 3 nitrogen and oxygen atoms in total. The second-order valence-corrected chi connectivity index (χ2v) is 3.59. The fraction of sp³-hybridized carbons (Fsp3) is 0.273. The fourth-order valence-electron chi connectivity index (χ4n) is 1.35. The minimum atomic E-state index is 0.380. The lowest BCUT2D eigenvalue weighted by molar-refractivity contribution is 0.878. The molecule has 0 aliphatic rings. The summed E-state index contributed by atoms with van der Waals surface area (Å²) in [6.07, 6.45) is 0. The second-order valence-electron chi connectivity index (χ2n) is 3.59. The highest BCUT2D eigenvalue weighted by Crippen LogP contribution is 2.13. The molecule has 0 aliphatic heterocycles. The zero-order valence-electron chi connectivity index (χ0n) is 8.36. The average molecular weight is 187 g/mol. The first-order valence-corrected chi connectivity index (χ1v) is 4.75. The molecule has 2 rings (SSSR count). The van der Waals surface area contributed by atoms with Gasteiger partial charge in [-0.2, -0.15) is 0 Å². The summed E-state index contributed by atoms with van der Waals surface area (Å²) in [6, 6.07) is 10.4. The molecule has 1 heterocycles. The molecule has 0 spiro atoms. The van der Waals surface area contributed by atoms with Crippen LogP contribution in [0.15, 0.2) is 30.3 Å². The van der Waals surface area contributed by atoms with Crippen molar-refractivity contribution in [2.45, 2.75) is 19.9 Å². The van der Waals surface area contributed by atoms with Crippen LogP contribution >= 0.6 is 0 Å². The van der Waals surface area contributed by atoms with Gasteiger partial charge in [0.15, 0.2) is 0 Å². The van der Waals surface area contributed by atoms with Gasteiger partial charge in [-0.15, -0.1) is 10.2 Å². The molecule has 0 amide bonds. The molecule has 3 heteroatoms. The van der Waals surface area contributed by atoms with Gasteiger partial charge < -0.3 is 5.32 Å². The second kappa shape index (κ2) is 3.62. The number of nitrogens with one attached hydrogen (secondary N) is 1. The standard InChI is InChI=1S/C11H13N3/c1-8(2)12-11-7-9-5-3-4-6-10(9)13-14-11/h3-8H,1-2H3,(H,12,14). The van der Waals surface area contributed by atoms with Gasteiger partial charge in [0.2, 0.25) is 0 Å². The van der Waals surface area contributed by atoms with Crippen LogP contribution in [-0.2, 0) is 0 Å². The Bertz CT molecular complexity index is 437. The molecule has 1 aromatic heterocycles. The number of nitrogens with zero attached hydrogens (tertiary/aromatic N) is 2. The molecule has 2 aromatic rings. The van der Waals surface area contributed by atoms with E-state index in [1.165, 1.54) is 0 Å². The van der Waals surface area contributed by atoms with Gasteiger partial charge in [0.1, 0.15) is 5.82 Å². The lowest BCUT2D eigenvalue weighted by atomic mass is 10.2. The number of aromatic nitrogens is 2. The Morgan fingerprint density at radius 2 is 1.93 bits per heavy atom. The third kappa shape index (κ3) is 1.82. The summed E-state index contributed by atoms with van der Waals surface area (Å²) in [5, 5.41) is 12.5. The Morgan fingerprint density at radius 3 is 2.71 bits per heavy atom. The van der Waals surface area contributed by atoms with Crippen molar-refractivity contribution in [2.75, 3.05) is 5.32 Å². The van der Waals surface area contributed by atoms with Gasteiger partial charge in [-0.1, -0.05) is 18.2 Å². The molecule has 0 bridgehead atoms. The summed E-state index contributed by atoms with van der Waals surface area (Å²) in [4.78, 5) is 0. The third-order valence-corrected chi connectivity index (χ3v) is 1.93. The van der Waals surface area contributed by atoms with Gasteiger partial charge in [0.25, 0.3) is 0 Å². The largest absolute Gasteiger partial charge is 0.366 e. The highest BCUT2D eigenvalue weighted by Gasteiger charge is 1.99. The smallest absolute Gasteiger partial charge is 0.149 e. The van der Waals surface area contributed by atoms with E-state index in [0.717, 1.165) is 16.7 Å². The molecule has 0 atom stereocenters. The molecule has 1 N–H and O–H groups in total. The third-order valence-electron chi connectivity index (χ3n) is 1.93. The molecule has 14 heavy (non-hydrogen) atoms. The quantitative estimate of drug-likeness (QED) is 0.784. The van der Waals surface area contributed by atoms with Gasteiger partial charge in [-0.05, 0) is 26.0 Å². The van der Waals surface area contributed by atoms with E-state index in [9.17, 15) is 0 Å². The van der Waals surface area contributed by atoms with Gasteiger partial charge in [-0.25, -0.2) is 0 Å². The predicted molar refractivity (Wildman–Crippen MR) is 58.3 cm³/mol. The maximum Gasteiger partial charge on any atom is 0.149 e. The lowest BCUT2D eigenvalue weighted by Gasteiger charge is -2.08. The first-order valence-electron chi connectivity index (χ1n) is 4.75. The highest BCUT2D eigenvalue weighted by molar-refractivity contribution is 5.79. The fourth-order valence-corrected chi connectivity index (χ4v) is 1.35. The number of anilines is 1. The zero-order valence-corrected chi connectivity index (χ0v) is 8.36. The first kappa shape index (κ1) is 8.94. The van der Waals surface area contributed by atoms with E-state index in [0.29, 0.717) is 6.04 Å². The Labute approximate surface area is 83.2 Å². The van der Waals surface area contributed by atoms with E-state index in [1.807, 2.05) is 30.3 Å². The maximum absolute atomic E-state index is 4.12. The van der Waals surface area contributed by atoms with Crippen LogP contribution in [0.25, 0.3) is 10.9 Å². The Balaban J connectivity index is 2.41. The normalized spacial score (nSPS) is 10.8. The molecule has 0 unspecified atom stereocenters. The molecular formula is C11H13N3. The van der Waals surface area contributed by atoms with Gasteiger partial charge in [0, 0.05) is 11.4 Å². The molecule has 0 saturated heterocycles. The van der Waals surface area contributed by atoms with Crippen LogP contribution in [0.5, 0.6) is 0 Å². The summed E-state index contributed by atoms with van der Waals surface area (Å²) in [5.41, 5.74) is 0.932. The average Bonchev–Trinajstić information content (AvgIpc) is 2.17. The monoisotopic (exact) mass is 187 g/mol. The number of benzene rings is 1. The van der Waals surface area contributed by atoms with Crippen molar-refractivity contribution in [2.24, 2.45) is 0 Å². The summed E-state index contributed by atoms with van der Waals surface area (Å²) in [6.45, 7) is 4.16. The SMILES string of the molecule is CC(C)Nc1cc2ccccc2nn1. The summed E-state index contributed by atoms with van der Waals surface area (Å²) in [7, 11) is 0. The molecular weight excluding hydrogens is 174 g/mol. The van der Waals surface area contributed by atoms with Crippen molar-refractivity contribution < 1.29 is 0 Å². The maximum atomic E-state index is 4.12. The van der Waals surface area contributed by atoms with E-state index in [1.54, 1.807) is 0 Å². The summed E-state index contributed by atoms with van der Waals surface area (Å²) >= 11 is 0. The van der Waals surface area contributed by atoms with Crippen LogP contribution in [0.1, 0.15) is 13.8 Å². The van der Waals surface area contributed by atoms with E-state index in [-0.39, 0.29) is 0 Å². The van der Waals surface area contributed by atoms with Gasteiger partial charge in [0.05, 0.1) is 5.52 Å². The van der Waals surface area contributed by atoms with Crippen molar-refractivity contribution in [3.05, 3.63) is 30.3 Å². The Hall–Kier alpha value is -1.64. The van der Waals surface area contributed by atoms with Crippen LogP contribution in [0.4, 0.5) is 5.82 Å². The Morgan fingerprint density at radius 1 is 1.14 bits per heavy atom. The topological polar surface area (TPSA) is 37.8 Å². The molecule has 0 fully saturated rings. The number of fused-ring (bicyclic) bond motifs is 1. The van der Waals surface area contributed by atoms with Crippen LogP contribution in [-0.4, -0.2) is 16.2 Å². The molecule has 72 valence electrons. The predicted octanol–water partition coefficient (Wildman–Crippen LogP) is 2.45. The summed E-state index contributed by atoms with van der Waals surface area (Å²) < 4.78 is 0. The molecule has 0 radical (unpaired) electrons. The first-order chi connectivity index (χ1) is 6.75. The minimum Gasteiger partial charge on any atom is -0.366 e. The van der Waals surface area contributed by atoms with Crippen molar-refractivity contribution in [3.8, 4) is 0 Å². The van der Waals surface area contributed by atoms with Crippen molar-refractivity contribution >= 4 is 16.7 Å². The van der Waals surface area contributed by atoms with E-state index in [2.05, 4.69) is 29.4 Å². The zero-order chi connectivity index (χ0) is 9.97. The van der Waals surface area contributed by atoms with Gasteiger partial charge in [-0.3, -0.25) is 0 Å². The highest BCUT2D eigenvalue weighted by atomic mass is 15.2. The van der Waals surface area contributed by atoms with Crippen molar-refractivity contribution in [3.63, 3.8) is 0 Å². The van der Waals surface area contributed by atoms with Crippen LogP contribution < -0.4 is 5.32 Å². The van der Waals surface area contributed by atoms with Gasteiger partial charge >= 0.3 is 0 Å². The number of hydrogen-bond acceptors (Lipinski definition) is 3. The molecule has 1 aromatic carbocycles. The van der Waals surface area contributed by atoms with Crippen LogP contribution in [0.2, 0.25) is 0 Å². The lowest BCUT2D eigenvalue weighted by Crippen LogP contribution is -2.11. The van der Waals surface area contributed by atoms with Crippen LogP contribution in [0.3, 0.4) is 0 Å². The number of hydrogen-bond donors (Lipinski definition) is 1. The summed E-state index contributed by atoms with van der Waals surface area (Å²) in [5.74, 6) is 0.832. The number of rotatable bonds is 2. The van der Waals surface area contributed by atoms with Crippen molar-refractivity contribution in [1.29, 1.82) is 0 Å². The molecule has 0 saturated carbocycles. The molecule has 0 aliphatic carbocycles. The van der Waals surface area contributed by atoms with Crippen LogP contribution in [0, 0.1) is 0 Å². The van der Waals surface area contributed by atoms with E-state index < -0.39 is 0 Å². The Kier molecular flexibility index (Phi) is 2.31.